The van der Waals surface area contributed by atoms with E-state index in [0.29, 0.717) is 43.5 Å². The molecule has 0 saturated heterocycles. The lowest BCUT2D eigenvalue weighted by molar-refractivity contribution is -0.149. The first-order valence-corrected chi connectivity index (χ1v) is 12.8. The SMILES string of the molecule is CCOC(Cc1ccc(OCCN(CCCc2ccccc2)C(=O)Nc2ccccc2OC)cc1)C(=O)O. The lowest BCUT2D eigenvalue weighted by atomic mass is 10.1. The molecule has 38 heavy (non-hydrogen) atoms. The third kappa shape index (κ3) is 9.12. The second-order valence-corrected chi connectivity index (χ2v) is 8.69. The molecule has 0 aliphatic carbocycles. The molecule has 0 aromatic heterocycles. The van der Waals surface area contributed by atoms with E-state index < -0.39 is 12.1 Å². The highest BCUT2D eigenvalue weighted by Gasteiger charge is 2.18. The number of ether oxygens (including phenoxy) is 3. The number of benzene rings is 3. The van der Waals surface area contributed by atoms with Crippen molar-refractivity contribution in [2.24, 2.45) is 0 Å². The highest BCUT2D eigenvalue weighted by Crippen LogP contribution is 2.23. The number of aryl methyl sites for hydroxylation is 1. The van der Waals surface area contributed by atoms with Gasteiger partial charge in [-0.15, -0.1) is 0 Å². The predicted molar refractivity (Wildman–Crippen MR) is 147 cm³/mol. The molecule has 0 aliphatic heterocycles. The van der Waals surface area contributed by atoms with Crippen LogP contribution in [0, 0.1) is 0 Å². The summed E-state index contributed by atoms with van der Waals surface area (Å²) in [5.74, 6) is 0.258. The number of nitrogens with zero attached hydrogens (tertiary/aromatic N) is 1. The molecule has 0 aliphatic rings. The second-order valence-electron chi connectivity index (χ2n) is 8.69. The van der Waals surface area contributed by atoms with Gasteiger partial charge in [-0.1, -0.05) is 54.6 Å². The third-order valence-electron chi connectivity index (χ3n) is 5.99. The molecule has 0 spiro atoms. The molecular weight excluding hydrogens is 484 g/mol. The first-order valence-electron chi connectivity index (χ1n) is 12.8. The van der Waals surface area contributed by atoms with E-state index in [-0.39, 0.29) is 12.5 Å². The number of urea groups is 1. The Hall–Kier alpha value is -4.04. The molecule has 2 amide bonds. The first-order chi connectivity index (χ1) is 18.5. The van der Waals surface area contributed by atoms with Crippen LogP contribution in [0.3, 0.4) is 0 Å². The van der Waals surface area contributed by atoms with E-state index in [1.807, 2.05) is 42.5 Å². The van der Waals surface area contributed by atoms with E-state index in [2.05, 4.69) is 17.4 Å². The van der Waals surface area contributed by atoms with Crippen molar-refractivity contribution in [3.05, 3.63) is 90.0 Å². The number of carbonyl (C=O) groups is 2. The summed E-state index contributed by atoms with van der Waals surface area (Å²) >= 11 is 0. The number of carbonyl (C=O) groups excluding carboxylic acids is 1. The van der Waals surface area contributed by atoms with Crippen molar-refractivity contribution in [3.63, 3.8) is 0 Å². The van der Waals surface area contributed by atoms with Gasteiger partial charge in [-0.2, -0.15) is 0 Å². The monoisotopic (exact) mass is 520 g/mol. The molecule has 0 radical (unpaired) electrons. The highest BCUT2D eigenvalue weighted by molar-refractivity contribution is 5.91. The van der Waals surface area contributed by atoms with E-state index in [1.54, 1.807) is 43.2 Å². The molecule has 1 atom stereocenters. The van der Waals surface area contributed by atoms with Gasteiger partial charge >= 0.3 is 12.0 Å². The number of carboxylic acid groups (broad SMARTS) is 1. The molecule has 3 aromatic carbocycles. The van der Waals surface area contributed by atoms with E-state index in [9.17, 15) is 14.7 Å². The zero-order valence-electron chi connectivity index (χ0n) is 22.0. The van der Waals surface area contributed by atoms with E-state index >= 15 is 0 Å². The van der Waals surface area contributed by atoms with Gasteiger partial charge in [-0.3, -0.25) is 0 Å². The molecule has 1 unspecified atom stereocenters. The lowest BCUT2D eigenvalue weighted by Gasteiger charge is -2.24. The Morgan fingerprint density at radius 2 is 1.63 bits per heavy atom. The van der Waals surface area contributed by atoms with Crippen LogP contribution in [0.1, 0.15) is 24.5 Å². The summed E-state index contributed by atoms with van der Waals surface area (Å²) in [6, 6.07) is 24.5. The smallest absolute Gasteiger partial charge is 0.333 e. The molecule has 0 heterocycles. The standard InChI is InChI=1S/C30H36N2O6/c1-3-37-28(29(33)34)22-24-15-17-25(18-16-24)38-21-20-32(19-9-12-23-10-5-4-6-11-23)30(35)31-26-13-7-8-14-27(26)36-2/h4-8,10-11,13-18,28H,3,9,12,19-22H2,1-2H3,(H,31,35)(H,33,34). The van der Waals surface area contributed by atoms with Crippen molar-refractivity contribution in [2.45, 2.75) is 32.3 Å². The average molecular weight is 521 g/mol. The Balaban J connectivity index is 1.58. The molecule has 0 bridgehead atoms. The normalized spacial score (nSPS) is 11.4. The van der Waals surface area contributed by atoms with Crippen molar-refractivity contribution in [2.75, 3.05) is 38.7 Å². The van der Waals surface area contributed by atoms with Crippen LogP contribution < -0.4 is 14.8 Å². The molecule has 0 fully saturated rings. The Labute approximate surface area is 224 Å². The summed E-state index contributed by atoms with van der Waals surface area (Å²) in [4.78, 5) is 26.2. The number of nitrogens with one attached hydrogen (secondary N) is 1. The van der Waals surface area contributed by atoms with Crippen LogP contribution in [-0.4, -0.2) is 61.5 Å². The number of aliphatic carboxylic acids is 1. The summed E-state index contributed by atoms with van der Waals surface area (Å²) in [5.41, 5.74) is 2.68. The number of carboxylic acids is 1. The average Bonchev–Trinajstić information content (AvgIpc) is 2.93. The minimum atomic E-state index is -0.981. The van der Waals surface area contributed by atoms with E-state index in [0.717, 1.165) is 18.4 Å². The molecular formula is C30H36N2O6. The van der Waals surface area contributed by atoms with Crippen LogP contribution in [0.25, 0.3) is 0 Å². The Kier molecular flexibility index (Phi) is 11.5. The highest BCUT2D eigenvalue weighted by atomic mass is 16.5. The summed E-state index contributed by atoms with van der Waals surface area (Å²) < 4.78 is 16.6. The second kappa shape index (κ2) is 15.3. The summed E-state index contributed by atoms with van der Waals surface area (Å²) in [7, 11) is 1.57. The number of hydrogen-bond acceptors (Lipinski definition) is 5. The maximum Gasteiger partial charge on any atom is 0.333 e. The van der Waals surface area contributed by atoms with Gasteiger partial charge < -0.3 is 29.5 Å². The fourth-order valence-corrected chi connectivity index (χ4v) is 4.00. The van der Waals surface area contributed by atoms with Crippen molar-refractivity contribution in [1.82, 2.24) is 4.90 Å². The zero-order chi connectivity index (χ0) is 27.2. The van der Waals surface area contributed by atoms with Gasteiger partial charge in [-0.25, -0.2) is 9.59 Å². The van der Waals surface area contributed by atoms with Crippen molar-refractivity contribution >= 4 is 17.7 Å². The molecule has 202 valence electrons. The summed E-state index contributed by atoms with van der Waals surface area (Å²) in [5, 5.41) is 12.2. The number of hydrogen-bond donors (Lipinski definition) is 2. The van der Waals surface area contributed by atoms with Gasteiger partial charge in [-0.05, 0) is 55.2 Å². The number of anilines is 1. The van der Waals surface area contributed by atoms with Gasteiger partial charge in [0.2, 0.25) is 0 Å². The largest absolute Gasteiger partial charge is 0.495 e. The van der Waals surface area contributed by atoms with Crippen LogP contribution in [0.15, 0.2) is 78.9 Å². The lowest BCUT2D eigenvalue weighted by Crippen LogP contribution is -2.38. The maximum absolute atomic E-state index is 13.2. The van der Waals surface area contributed by atoms with Gasteiger partial charge in [0, 0.05) is 19.6 Å². The molecule has 3 rings (SSSR count). The van der Waals surface area contributed by atoms with Crippen LogP contribution in [-0.2, 0) is 22.4 Å². The molecule has 3 aromatic rings. The summed E-state index contributed by atoms with van der Waals surface area (Å²) in [6.07, 6.45) is 1.07. The predicted octanol–water partition coefficient (Wildman–Crippen LogP) is 5.27. The van der Waals surface area contributed by atoms with Gasteiger partial charge in [0.15, 0.2) is 6.10 Å². The number of para-hydroxylation sites is 2. The number of amides is 2. The quantitative estimate of drug-likeness (QED) is 0.283. The van der Waals surface area contributed by atoms with Gasteiger partial charge in [0.1, 0.15) is 18.1 Å². The maximum atomic E-state index is 13.2. The Morgan fingerprint density at radius 1 is 0.921 bits per heavy atom. The minimum Gasteiger partial charge on any atom is -0.495 e. The van der Waals surface area contributed by atoms with Crippen LogP contribution in [0.5, 0.6) is 11.5 Å². The Morgan fingerprint density at radius 3 is 2.32 bits per heavy atom. The summed E-state index contributed by atoms with van der Waals surface area (Å²) in [6.45, 7) is 3.37. The molecule has 2 N–H and O–H groups in total. The van der Waals surface area contributed by atoms with Crippen molar-refractivity contribution < 1.29 is 28.9 Å². The van der Waals surface area contributed by atoms with Crippen LogP contribution in [0.4, 0.5) is 10.5 Å². The van der Waals surface area contributed by atoms with Crippen LogP contribution in [0.2, 0.25) is 0 Å². The first kappa shape index (κ1) is 28.5. The number of rotatable bonds is 15. The van der Waals surface area contributed by atoms with E-state index in [1.165, 1.54) is 5.56 Å². The fourth-order valence-electron chi connectivity index (χ4n) is 4.00. The molecule has 8 heteroatoms. The van der Waals surface area contributed by atoms with Gasteiger partial charge in [0.05, 0.1) is 19.3 Å². The van der Waals surface area contributed by atoms with E-state index in [4.69, 9.17) is 14.2 Å². The topological polar surface area (TPSA) is 97.3 Å². The fraction of sp³-hybridized carbons (Fsp3) is 0.333. The van der Waals surface area contributed by atoms with Crippen LogP contribution >= 0.6 is 0 Å². The third-order valence-corrected chi connectivity index (χ3v) is 5.99. The minimum absolute atomic E-state index is 0.225. The zero-order valence-corrected chi connectivity index (χ0v) is 22.0. The van der Waals surface area contributed by atoms with Crippen molar-refractivity contribution in [1.29, 1.82) is 0 Å². The van der Waals surface area contributed by atoms with Gasteiger partial charge in [0.25, 0.3) is 0 Å². The van der Waals surface area contributed by atoms with Crippen molar-refractivity contribution in [3.8, 4) is 11.5 Å². The molecule has 0 saturated carbocycles. The molecule has 8 nitrogen and oxygen atoms in total. The Bertz CT molecular complexity index is 1140. The number of methoxy groups -OCH3 is 1.